The van der Waals surface area contributed by atoms with E-state index < -0.39 is 0 Å². The molecule has 1 aromatic carbocycles. The van der Waals surface area contributed by atoms with Gasteiger partial charge < -0.3 is 5.32 Å². The van der Waals surface area contributed by atoms with E-state index in [0.717, 1.165) is 33.4 Å². The van der Waals surface area contributed by atoms with Gasteiger partial charge in [-0.05, 0) is 49.8 Å². The largest absolute Gasteiger partial charge is 0.344 e. The van der Waals surface area contributed by atoms with Crippen LogP contribution >= 0.6 is 11.8 Å². The first-order valence-corrected chi connectivity index (χ1v) is 10.4. The molecule has 0 saturated heterocycles. The molecule has 0 aliphatic heterocycles. The fraction of sp³-hybridized carbons (Fsp3) is 0.273. The van der Waals surface area contributed by atoms with E-state index in [-0.39, 0.29) is 11.9 Å². The third kappa shape index (κ3) is 4.95. The van der Waals surface area contributed by atoms with Crippen LogP contribution in [0.25, 0.3) is 0 Å². The van der Waals surface area contributed by atoms with Gasteiger partial charge in [-0.2, -0.15) is 0 Å². The molecule has 28 heavy (non-hydrogen) atoms. The number of amides is 1. The van der Waals surface area contributed by atoms with Gasteiger partial charge in [0.05, 0.1) is 11.7 Å². The quantitative estimate of drug-likeness (QED) is 0.485. The molecule has 3 aromatic rings. The third-order valence-electron chi connectivity index (χ3n) is 4.61. The Hall–Kier alpha value is -2.73. The van der Waals surface area contributed by atoms with Crippen molar-refractivity contribution < 1.29 is 4.79 Å². The minimum absolute atomic E-state index is 0.0211. The number of nitrogens with zero attached hydrogens (tertiary/aromatic N) is 3. The molecule has 0 radical (unpaired) electrons. The zero-order valence-corrected chi connectivity index (χ0v) is 17.2. The lowest BCUT2D eigenvalue weighted by molar-refractivity contribution is -0.121. The molecule has 5 nitrogen and oxygen atoms in total. The van der Waals surface area contributed by atoms with E-state index in [4.69, 9.17) is 0 Å². The lowest BCUT2D eigenvalue weighted by Crippen LogP contribution is -2.30. The summed E-state index contributed by atoms with van der Waals surface area (Å²) in [6.45, 7) is 3.95. The minimum atomic E-state index is -0.271. The van der Waals surface area contributed by atoms with Gasteiger partial charge in [0.2, 0.25) is 5.91 Å². The molecule has 2 heterocycles. The van der Waals surface area contributed by atoms with E-state index in [1.165, 1.54) is 11.8 Å². The molecule has 1 unspecified atom stereocenters. The molecule has 3 rings (SSSR count). The van der Waals surface area contributed by atoms with Crippen LogP contribution in [-0.2, 0) is 11.2 Å². The molecule has 1 amide bonds. The van der Waals surface area contributed by atoms with Crippen molar-refractivity contribution in [2.75, 3.05) is 6.26 Å². The van der Waals surface area contributed by atoms with Crippen LogP contribution in [0.4, 0.5) is 0 Å². The highest BCUT2D eigenvalue weighted by Gasteiger charge is 2.18. The Kier molecular flexibility index (Phi) is 6.76. The van der Waals surface area contributed by atoms with Gasteiger partial charge >= 0.3 is 0 Å². The van der Waals surface area contributed by atoms with Crippen molar-refractivity contribution in [3.8, 4) is 0 Å². The van der Waals surface area contributed by atoms with Gasteiger partial charge in [-0.1, -0.05) is 48.2 Å². The number of aromatic nitrogens is 3. The van der Waals surface area contributed by atoms with Gasteiger partial charge in [-0.3, -0.25) is 9.78 Å². The highest BCUT2D eigenvalue weighted by atomic mass is 32.2. The van der Waals surface area contributed by atoms with Crippen LogP contribution in [-0.4, -0.2) is 27.1 Å². The van der Waals surface area contributed by atoms with E-state index in [2.05, 4.69) is 20.3 Å². The second-order valence-corrected chi connectivity index (χ2v) is 7.30. The average Bonchev–Trinajstić information content (AvgIpc) is 2.72. The number of carbonyl (C=O) groups is 1. The Morgan fingerprint density at radius 3 is 2.32 bits per heavy atom. The summed E-state index contributed by atoms with van der Waals surface area (Å²) in [5.41, 5.74) is 4.75. The van der Waals surface area contributed by atoms with Crippen LogP contribution in [0.3, 0.4) is 0 Å². The highest BCUT2D eigenvalue weighted by Crippen LogP contribution is 2.21. The average molecular weight is 393 g/mol. The number of carbonyl (C=O) groups excluding carboxylic acids is 1. The standard InChI is InChI=1S/C22H24N4OS/c1-15-18(16(2)25-22(24-15)28-3)12-13-20(27)26-21(17-9-5-4-6-10-17)19-11-7-8-14-23-19/h4-11,14,21H,12-13H2,1-3H3,(H,26,27). The van der Waals surface area contributed by atoms with Crippen molar-refractivity contribution in [1.29, 1.82) is 0 Å². The minimum Gasteiger partial charge on any atom is -0.344 e. The Morgan fingerprint density at radius 2 is 1.71 bits per heavy atom. The fourth-order valence-corrected chi connectivity index (χ4v) is 3.61. The zero-order chi connectivity index (χ0) is 19.9. The normalized spacial score (nSPS) is 11.8. The number of nitrogens with one attached hydrogen (secondary N) is 1. The summed E-state index contributed by atoms with van der Waals surface area (Å²) >= 11 is 1.53. The first-order chi connectivity index (χ1) is 13.6. The first-order valence-electron chi connectivity index (χ1n) is 9.22. The smallest absolute Gasteiger partial charge is 0.221 e. The van der Waals surface area contributed by atoms with Gasteiger partial charge in [0, 0.05) is 24.0 Å². The second kappa shape index (κ2) is 9.46. The second-order valence-electron chi connectivity index (χ2n) is 6.53. The molecule has 0 aliphatic carbocycles. The van der Waals surface area contributed by atoms with Crippen molar-refractivity contribution in [3.63, 3.8) is 0 Å². The van der Waals surface area contributed by atoms with E-state index in [0.29, 0.717) is 12.8 Å². The number of pyridine rings is 1. The van der Waals surface area contributed by atoms with E-state index >= 15 is 0 Å². The Morgan fingerprint density at radius 1 is 1.04 bits per heavy atom. The summed E-state index contributed by atoms with van der Waals surface area (Å²) in [7, 11) is 0. The molecule has 2 aromatic heterocycles. The van der Waals surface area contributed by atoms with Gasteiger partial charge in [0.25, 0.3) is 0 Å². The molecule has 0 bridgehead atoms. The summed E-state index contributed by atoms with van der Waals surface area (Å²) in [4.78, 5) is 26.2. The van der Waals surface area contributed by atoms with E-state index in [1.54, 1.807) is 6.20 Å². The summed E-state index contributed by atoms with van der Waals surface area (Å²) in [6.07, 6.45) is 4.69. The number of hydrogen-bond acceptors (Lipinski definition) is 5. The summed E-state index contributed by atoms with van der Waals surface area (Å²) in [5, 5.41) is 3.90. The van der Waals surface area contributed by atoms with Crippen molar-refractivity contribution in [2.24, 2.45) is 0 Å². The van der Waals surface area contributed by atoms with Gasteiger partial charge in [0.15, 0.2) is 5.16 Å². The van der Waals surface area contributed by atoms with Crippen LogP contribution in [0, 0.1) is 13.8 Å². The van der Waals surface area contributed by atoms with E-state index in [9.17, 15) is 4.79 Å². The summed E-state index contributed by atoms with van der Waals surface area (Å²) < 4.78 is 0. The van der Waals surface area contributed by atoms with E-state index in [1.807, 2.05) is 68.6 Å². The molecular formula is C22H24N4OS. The molecule has 0 fully saturated rings. The highest BCUT2D eigenvalue weighted by molar-refractivity contribution is 7.98. The van der Waals surface area contributed by atoms with Crippen LogP contribution in [0.2, 0.25) is 0 Å². The van der Waals surface area contributed by atoms with Crippen LogP contribution < -0.4 is 5.32 Å². The predicted molar refractivity (Wildman–Crippen MR) is 112 cm³/mol. The number of hydrogen-bond donors (Lipinski definition) is 1. The molecule has 144 valence electrons. The first kappa shape index (κ1) is 20.0. The Bertz CT molecular complexity index is 869. The Balaban J connectivity index is 1.73. The number of thioether (sulfide) groups is 1. The molecule has 0 saturated carbocycles. The third-order valence-corrected chi connectivity index (χ3v) is 5.15. The maximum absolute atomic E-state index is 12.7. The topological polar surface area (TPSA) is 67.8 Å². The SMILES string of the molecule is CSc1nc(C)c(CCC(=O)NC(c2ccccc2)c2ccccn2)c(C)n1. The maximum atomic E-state index is 12.7. The van der Waals surface area contributed by atoms with Gasteiger partial charge in [-0.15, -0.1) is 0 Å². The van der Waals surface area contributed by atoms with Crippen LogP contribution in [0.1, 0.15) is 40.7 Å². The molecule has 6 heteroatoms. The van der Waals surface area contributed by atoms with Gasteiger partial charge in [-0.25, -0.2) is 9.97 Å². The van der Waals surface area contributed by atoms with Crippen LogP contribution in [0.15, 0.2) is 59.9 Å². The number of aryl methyl sites for hydroxylation is 2. The van der Waals surface area contributed by atoms with Crippen LogP contribution in [0.5, 0.6) is 0 Å². The monoisotopic (exact) mass is 392 g/mol. The maximum Gasteiger partial charge on any atom is 0.221 e. The van der Waals surface area contributed by atoms with Crippen molar-refractivity contribution in [1.82, 2.24) is 20.3 Å². The predicted octanol–water partition coefficient (Wildman–Crippen LogP) is 4.05. The van der Waals surface area contributed by atoms with Gasteiger partial charge in [0.1, 0.15) is 0 Å². The lowest BCUT2D eigenvalue weighted by Gasteiger charge is -2.19. The van der Waals surface area contributed by atoms with Crippen molar-refractivity contribution in [3.05, 3.63) is 82.9 Å². The molecule has 0 aliphatic rings. The fourth-order valence-electron chi connectivity index (χ4n) is 3.15. The summed E-state index contributed by atoms with van der Waals surface area (Å²) in [5.74, 6) is -0.0211. The molecule has 1 atom stereocenters. The lowest BCUT2D eigenvalue weighted by atomic mass is 10.0. The number of rotatable bonds is 7. The van der Waals surface area contributed by atoms with Crippen molar-refractivity contribution >= 4 is 17.7 Å². The Labute approximate surface area is 170 Å². The zero-order valence-electron chi connectivity index (χ0n) is 16.3. The molecule has 0 spiro atoms. The van der Waals surface area contributed by atoms with Crippen molar-refractivity contribution in [2.45, 2.75) is 37.9 Å². The molecule has 1 N–H and O–H groups in total. The summed E-state index contributed by atoms with van der Waals surface area (Å²) in [6, 6.07) is 15.4. The molecular weight excluding hydrogens is 368 g/mol. The number of benzene rings is 1.